The van der Waals surface area contributed by atoms with E-state index in [1.165, 1.54) is 38.5 Å². The molecule has 0 N–H and O–H groups in total. The summed E-state index contributed by atoms with van der Waals surface area (Å²) >= 11 is 0. The van der Waals surface area contributed by atoms with E-state index in [1.807, 2.05) is 0 Å². The van der Waals surface area contributed by atoms with E-state index in [0.29, 0.717) is 17.8 Å². The molecule has 0 aromatic carbocycles. The predicted octanol–water partition coefficient (Wildman–Crippen LogP) is 4.57. The Morgan fingerprint density at radius 2 is 2.00 bits per heavy atom. The van der Waals surface area contributed by atoms with Crippen molar-refractivity contribution in [3.63, 3.8) is 0 Å². The number of rotatable bonds is 4. The van der Waals surface area contributed by atoms with E-state index in [0.717, 1.165) is 37.0 Å². The van der Waals surface area contributed by atoms with Crippen molar-refractivity contribution in [3.05, 3.63) is 0 Å². The Labute approximate surface area is 136 Å². The van der Waals surface area contributed by atoms with Crippen LogP contribution in [0, 0.1) is 34.0 Å². The summed E-state index contributed by atoms with van der Waals surface area (Å²) in [5.41, 5.74) is 0.966. The van der Waals surface area contributed by atoms with Crippen molar-refractivity contribution in [3.8, 4) is 0 Å². The maximum Gasteiger partial charge on any atom is 0.376 e. The van der Waals surface area contributed by atoms with Crippen LogP contribution < -0.4 is 0 Å². The molecule has 2 nitrogen and oxygen atoms in total. The fraction of sp³-hybridized carbons (Fsp3) is 0.947. The highest BCUT2D eigenvalue weighted by atomic mass is 19.3. The maximum absolute atomic E-state index is 13.1. The summed E-state index contributed by atoms with van der Waals surface area (Å²) in [6, 6.07) is 0. The molecule has 5 saturated carbocycles. The Bertz CT molecular complexity index is 566. The summed E-state index contributed by atoms with van der Waals surface area (Å²) in [4.78, 5) is 11.5. The van der Waals surface area contributed by atoms with Crippen molar-refractivity contribution in [2.45, 2.75) is 70.6 Å². The summed E-state index contributed by atoms with van der Waals surface area (Å²) in [7, 11) is 0. The van der Waals surface area contributed by atoms with Gasteiger partial charge in [0.2, 0.25) is 0 Å². The zero-order valence-corrected chi connectivity index (χ0v) is 13.9. The van der Waals surface area contributed by atoms with Gasteiger partial charge in [-0.2, -0.15) is 8.78 Å². The molecular weight excluding hydrogens is 298 g/mol. The molecule has 128 valence electrons. The van der Waals surface area contributed by atoms with Gasteiger partial charge in [-0.15, -0.1) is 0 Å². The molecule has 5 aliphatic carbocycles. The van der Waals surface area contributed by atoms with Crippen LogP contribution in [-0.4, -0.2) is 18.5 Å². The molecule has 5 rings (SSSR count). The van der Waals surface area contributed by atoms with Gasteiger partial charge in [-0.3, -0.25) is 0 Å². The summed E-state index contributed by atoms with van der Waals surface area (Å²) < 4.78 is 31.4. The fourth-order valence-electron chi connectivity index (χ4n) is 7.81. The van der Waals surface area contributed by atoms with Gasteiger partial charge in [0, 0.05) is 12.3 Å². The summed E-state index contributed by atoms with van der Waals surface area (Å²) in [5.74, 6) is -1.97. The van der Waals surface area contributed by atoms with Crippen LogP contribution in [0.4, 0.5) is 8.78 Å². The minimum absolute atomic E-state index is 0.00160. The molecule has 0 aromatic rings. The second-order valence-corrected chi connectivity index (χ2v) is 9.69. The van der Waals surface area contributed by atoms with Crippen LogP contribution in [0.1, 0.15) is 64.7 Å². The first-order valence-electron chi connectivity index (χ1n) is 9.34. The van der Waals surface area contributed by atoms with E-state index in [4.69, 9.17) is 4.74 Å². The van der Waals surface area contributed by atoms with Crippen LogP contribution in [0.15, 0.2) is 0 Å². The van der Waals surface area contributed by atoms with Gasteiger partial charge in [0.05, 0.1) is 6.61 Å². The monoisotopic (exact) mass is 324 g/mol. The minimum Gasteiger partial charge on any atom is -0.461 e. The van der Waals surface area contributed by atoms with E-state index in [9.17, 15) is 13.6 Å². The number of hydrogen-bond donors (Lipinski definition) is 0. The van der Waals surface area contributed by atoms with Crippen LogP contribution in [-0.2, 0) is 9.53 Å². The zero-order chi connectivity index (χ0) is 16.1. The first-order valence-corrected chi connectivity index (χ1v) is 9.34. The number of ether oxygens (including phenoxy) is 1. The largest absolute Gasteiger partial charge is 0.461 e. The molecule has 0 amide bonds. The van der Waals surface area contributed by atoms with E-state index in [-0.39, 0.29) is 12.0 Å². The third-order valence-corrected chi connectivity index (χ3v) is 8.43. The lowest BCUT2D eigenvalue weighted by Gasteiger charge is -2.77. The summed E-state index contributed by atoms with van der Waals surface area (Å²) in [6.45, 7) is 0.862. The number of fused-ring (bicyclic) bond motifs is 1. The lowest BCUT2D eigenvalue weighted by Crippen LogP contribution is -2.71. The van der Waals surface area contributed by atoms with E-state index in [1.54, 1.807) is 0 Å². The molecule has 2 bridgehead atoms. The average Bonchev–Trinajstić information content (AvgIpc) is 2.70. The first-order chi connectivity index (χ1) is 10.8. The number of alkyl halides is 2. The Morgan fingerprint density at radius 1 is 1.22 bits per heavy atom. The van der Waals surface area contributed by atoms with Crippen molar-refractivity contribution < 1.29 is 18.3 Å². The van der Waals surface area contributed by atoms with Gasteiger partial charge in [-0.1, -0.05) is 6.42 Å². The molecule has 5 fully saturated rings. The van der Waals surface area contributed by atoms with Crippen LogP contribution in [0.3, 0.4) is 0 Å². The molecule has 0 heterocycles. The third-order valence-electron chi connectivity index (χ3n) is 8.43. The lowest BCUT2D eigenvalue weighted by atomic mass is 9.27. The number of esters is 1. The van der Waals surface area contributed by atoms with E-state index < -0.39 is 11.9 Å². The molecule has 0 radical (unpaired) electrons. The SMILES string of the molecule is CC(F)(F)C(=O)OCC12CCC3(CC4CC(C5CCC5)(C1)C43)C2. The Hall–Kier alpha value is -0.670. The van der Waals surface area contributed by atoms with Crippen LogP contribution in [0.25, 0.3) is 0 Å². The second kappa shape index (κ2) is 4.11. The predicted molar refractivity (Wildman–Crippen MR) is 80.9 cm³/mol. The Morgan fingerprint density at radius 3 is 2.61 bits per heavy atom. The van der Waals surface area contributed by atoms with Crippen molar-refractivity contribution in [2.75, 3.05) is 6.61 Å². The molecule has 5 atom stereocenters. The highest BCUT2D eigenvalue weighted by Gasteiger charge is 2.78. The topological polar surface area (TPSA) is 26.3 Å². The quantitative estimate of drug-likeness (QED) is 0.708. The number of hydrogen-bond acceptors (Lipinski definition) is 2. The van der Waals surface area contributed by atoms with Gasteiger partial charge in [-0.25, -0.2) is 4.79 Å². The number of carbonyl (C=O) groups excluding carboxylic acids is 1. The molecule has 1 spiro atoms. The normalized spacial score (nSPS) is 50.4. The average molecular weight is 324 g/mol. The second-order valence-electron chi connectivity index (χ2n) is 9.69. The van der Waals surface area contributed by atoms with E-state index in [2.05, 4.69) is 0 Å². The highest BCUT2D eigenvalue weighted by molar-refractivity contribution is 5.76. The molecule has 0 aromatic heterocycles. The zero-order valence-electron chi connectivity index (χ0n) is 13.9. The van der Waals surface area contributed by atoms with Crippen molar-refractivity contribution in [2.24, 2.45) is 34.0 Å². The van der Waals surface area contributed by atoms with Gasteiger partial charge in [0.15, 0.2) is 0 Å². The van der Waals surface area contributed by atoms with Gasteiger partial charge in [0.25, 0.3) is 0 Å². The van der Waals surface area contributed by atoms with Gasteiger partial charge in [0.1, 0.15) is 0 Å². The molecule has 5 aliphatic rings. The van der Waals surface area contributed by atoms with Crippen LogP contribution in [0.2, 0.25) is 0 Å². The lowest BCUT2D eigenvalue weighted by molar-refractivity contribution is -0.292. The Balaban J connectivity index is 1.38. The molecule has 5 unspecified atom stereocenters. The molecule has 23 heavy (non-hydrogen) atoms. The van der Waals surface area contributed by atoms with Gasteiger partial charge in [-0.05, 0) is 80.0 Å². The molecule has 0 aliphatic heterocycles. The maximum atomic E-state index is 13.1. The summed E-state index contributed by atoms with van der Waals surface area (Å²) in [6.07, 6.45) is 11.4. The smallest absolute Gasteiger partial charge is 0.376 e. The Kier molecular flexibility index (Phi) is 2.62. The van der Waals surface area contributed by atoms with Crippen molar-refractivity contribution in [1.82, 2.24) is 0 Å². The first kappa shape index (κ1) is 14.7. The van der Waals surface area contributed by atoms with Crippen LogP contribution in [0.5, 0.6) is 0 Å². The third kappa shape index (κ3) is 1.71. The van der Waals surface area contributed by atoms with Crippen LogP contribution >= 0.6 is 0 Å². The molecular formula is C19H26F2O2. The standard InChI is InChI=1S/C19H26F2O2/c1-16(20,21)15(22)23-11-17-5-6-18(9-17)7-12-8-19(10-17,14(12)18)13-3-2-4-13/h12-14H,2-11H2,1H3. The molecule has 4 heteroatoms. The van der Waals surface area contributed by atoms with Crippen molar-refractivity contribution in [1.29, 1.82) is 0 Å². The minimum atomic E-state index is -3.37. The fourth-order valence-corrected chi connectivity index (χ4v) is 7.81. The molecule has 0 saturated heterocycles. The van der Waals surface area contributed by atoms with Crippen molar-refractivity contribution >= 4 is 5.97 Å². The van der Waals surface area contributed by atoms with Gasteiger partial charge < -0.3 is 4.74 Å². The number of carbonyl (C=O) groups is 1. The summed E-state index contributed by atoms with van der Waals surface area (Å²) in [5, 5.41) is 0. The number of halogens is 2. The van der Waals surface area contributed by atoms with E-state index >= 15 is 0 Å². The highest BCUT2D eigenvalue weighted by Crippen LogP contribution is 2.85. The van der Waals surface area contributed by atoms with Gasteiger partial charge >= 0.3 is 11.9 Å².